The predicted molar refractivity (Wildman–Crippen MR) is 88.3 cm³/mol. The van der Waals surface area contributed by atoms with Gasteiger partial charge in [0.05, 0.1) is 0 Å². The van der Waals surface area contributed by atoms with Crippen molar-refractivity contribution in [2.75, 3.05) is 0 Å². The van der Waals surface area contributed by atoms with Gasteiger partial charge < -0.3 is 10.3 Å². The van der Waals surface area contributed by atoms with Crippen LogP contribution in [0.4, 0.5) is 0 Å². The molecule has 0 fully saturated rings. The summed E-state index contributed by atoms with van der Waals surface area (Å²) in [5.41, 5.74) is 12.3. The van der Waals surface area contributed by atoms with Gasteiger partial charge in [-0.2, -0.15) is 0 Å². The van der Waals surface area contributed by atoms with Gasteiger partial charge >= 0.3 is 0 Å². The van der Waals surface area contributed by atoms with Crippen LogP contribution in [0, 0.1) is 12.3 Å². The van der Waals surface area contributed by atoms with E-state index in [1.807, 2.05) is 0 Å². The number of nitrogens with two attached hydrogens (primary N) is 1. The fourth-order valence-electron chi connectivity index (χ4n) is 3.64. The lowest BCUT2D eigenvalue weighted by atomic mass is 9.74. The van der Waals surface area contributed by atoms with Gasteiger partial charge in [0, 0.05) is 24.5 Å². The Hall–Kier alpha value is -1.54. The van der Waals surface area contributed by atoms with E-state index in [0.29, 0.717) is 5.41 Å². The topological polar surface area (TPSA) is 30.9 Å². The van der Waals surface area contributed by atoms with Crippen LogP contribution in [-0.2, 0) is 19.4 Å². The molecule has 1 unspecified atom stereocenters. The van der Waals surface area contributed by atoms with Crippen LogP contribution in [0.3, 0.4) is 0 Å². The van der Waals surface area contributed by atoms with Gasteiger partial charge in [-0.1, -0.05) is 38.1 Å². The molecular formula is C19H26N2. The van der Waals surface area contributed by atoms with Gasteiger partial charge in [-0.15, -0.1) is 0 Å². The average Bonchev–Trinajstić information content (AvgIpc) is 2.79. The molecule has 1 atom stereocenters. The molecule has 0 amide bonds. The summed E-state index contributed by atoms with van der Waals surface area (Å²) in [6, 6.07) is 11.1. The fourth-order valence-corrected chi connectivity index (χ4v) is 3.64. The van der Waals surface area contributed by atoms with Gasteiger partial charge in [0.15, 0.2) is 0 Å². The molecule has 2 nitrogen and oxygen atoms in total. The maximum atomic E-state index is 6.35. The van der Waals surface area contributed by atoms with Crippen LogP contribution in [0.5, 0.6) is 0 Å². The van der Waals surface area contributed by atoms with E-state index in [9.17, 15) is 0 Å². The minimum atomic E-state index is 0.198. The maximum absolute atomic E-state index is 6.35. The number of aromatic nitrogens is 1. The van der Waals surface area contributed by atoms with Crippen LogP contribution < -0.4 is 5.73 Å². The molecule has 0 bridgehead atoms. The van der Waals surface area contributed by atoms with Crippen molar-refractivity contribution in [3.63, 3.8) is 0 Å². The molecule has 21 heavy (non-hydrogen) atoms. The molecular weight excluding hydrogens is 256 g/mol. The summed E-state index contributed by atoms with van der Waals surface area (Å²) in [6.45, 7) is 7.89. The fraction of sp³-hybridized carbons (Fsp3) is 0.474. The Labute approximate surface area is 128 Å². The molecule has 3 rings (SSSR count). The summed E-state index contributed by atoms with van der Waals surface area (Å²) < 4.78 is 2.42. The predicted octanol–water partition coefficient (Wildman–Crippen LogP) is 4.01. The van der Waals surface area contributed by atoms with Gasteiger partial charge in [0.1, 0.15) is 0 Å². The zero-order chi connectivity index (χ0) is 15.0. The van der Waals surface area contributed by atoms with Crippen LogP contribution in [0.15, 0.2) is 36.5 Å². The second-order valence-corrected chi connectivity index (χ2v) is 7.24. The number of nitrogens with zero attached hydrogens (tertiary/aromatic N) is 1. The number of benzene rings is 1. The Balaban J connectivity index is 1.81. The molecule has 2 aromatic rings. The van der Waals surface area contributed by atoms with Crippen LogP contribution in [0.25, 0.3) is 0 Å². The van der Waals surface area contributed by atoms with Crippen molar-refractivity contribution in [1.29, 1.82) is 0 Å². The molecule has 112 valence electrons. The van der Waals surface area contributed by atoms with Crippen LogP contribution in [0.2, 0.25) is 0 Å². The minimum Gasteiger partial charge on any atom is -0.351 e. The molecule has 1 aliphatic carbocycles. The van der Waals surface area contributed by atoms with E-state index >= 15 is 0 Å². The van der Waals surface area contributed by atoms with Crippen LogP contribution >= 0.6 is 0 Å². The number of fused-ring (bicyclic) bond motifs is 1. The molecule has 0 saturated carbocycles. The van der Waals surface area contributed by atoms with Crippen molar-refractivity contribution in [1.82, 2.24) is 4.57 Å². The largest absolute Gasteiger partial charge is 0.351 e. The van der Waals surface area contributed by atoms with E-state index in [1.165, 1.54) is 22.4 Å². The van der Waals surface area contributed by atoms with E-state index in [2.05, 4.69) is 61.9 Å². The summed E-state index contributed by atoms with van der Waals surface area (Å²) in [5.74, 6) is 0. The van der Waals surface area contributed by atoms with Crippen molar-refractivity contribution in [3.8, 4) is 0 Å². The Kier molecular flexibility index (Phi) is 3.66. The van der Waals surface area contributed by atoms with Crippen molar-refractivity contribution in [2.24, 2.45) is 11.1 Å². The van der Waals surface area contributed by atoms with Crippen molar-refractivity contribution in [3.05, 3.63) is 58.9 Å². The standard InChI is InChI=1S/C19H26N2/c1-14-6-4-5-7-15(14)8-10-21-11-9-16-17(20)12-19(2,3)13-18(16)21/h4-7,9,11,17H,8,10,12-13,20H2,1-3H3. The zero-order valence-electron chi connectivity index (χ0n) is 13.4. The third-order valence-corrected chi connectivity index (χ3v) is 4.82. The maximum Gasteiger partial charge on any atom is 0.0318 e. The molecule has 1 aliphatic rings. The molecule has 0 aliphatic heterocycles. The molecule has 0 radical (unpaired) electrons. The average molecular weight is 282 g/mol. The van der Waals surface area contributed by atoms with E-state index in [-0.39, 0.29) is 6.04 Å². The Bertz CT molecular complexity index is 637. The van der Waals surface area contributed by atoms with Crippen LogP contribution in [0.1, 0.15) is 48.7 Å². The molecule has 0 saturated heterocycles. The minimum absolute atomic E-state index is 0.198. The summed E-state index contributed by atoms with van der Waals surface area (Å²) in [5, 5.41) is 0. The third kappa shape index (κ3) is 2.91. The van der Waals surface area contributed by atoms with Gasteiger partial charge in [-0.25, -0.2) is 0 Å². The lowest BCUT2D eigenvalue weighted by Gasteiger charge is -2.34. The highest BCUT2D eigenvalue weighted by atomic mass is 15.0. The number of rotatable bonds is 3. The number of aryl methyl sites for hydroxylation is 3. The first-order valence-corrected chi connectivity index (χ1v) is 7.94. The van der Waals surface area contributed by atoms with Gasteiger partial charge in [0.25, 0.3) is 0 Å². The summed E-state index contributed by atoms with van der Waals surface area (Å²) >= 11 is 0. The van der Waals surface area contributed by atoms with Gasteiger partial charge in [-0.05, 0) is 54.4 Å². The Morgan fingerprint density at radius 1 is 1.24 bits per heavy atom. The molecule has 2 N–H and O–H groups in total. The van der Waals surface area contributed by atoms with E-state index < -0.39 is 0 Å². The Morgan fingerprint density at radius 3 is 2.76 bits per heavy atom. The second-order valence-electron chi connectivity index (χ2n) is 7.24. The zero-order valence-corrected chi connectivity index (χ0v) is 13.4. The van der Waals surface area contributed by atoms with Gasteiger partial charge in [0.2, 0.25) is 0 Å². The molecule has 1 heterocycles. The normalized spacial score (nSPS) is 20.3. The van der Waals surface area contributed by atoms with Crippen molar-refractivity contribution < 1.29 is 0 Å². The van der Waals surface area contributed by atoms with Crippen LogP contribution in [-0.4, -0.2) is 4.57 Å². The molecule has 0 spiro atoms. The van der Waals surface area contributed by atoms with Gasteiger partial charge in [-0.3, -0.25) is 0 Å². The smallest absolute Gasteiger partial charge is 0.0318 e. The highest BCUT2D eigenvalue weighted by Gasteiger charge is 2.32. The van der Waals surface area contributed by atoms with E-state index in [1.54, 1.807) is 0 Å². The monoisotopic (exact) mass is 282 g/mol. The van der Waals surface area contributed by atoms with Crippen molar-refractivity contribution >= 4 is 0 Å². The summed E-state index contributed by atoms with van der Waals surface area (Å²) in [6.07, 6.45) is 5.53. The highest BCUT2D eigenvalue weighted by molar-refractivity contribution is 5.31. The summed E-state index contributed by atoms with van der Waals surface area (Å²) in [7, 11) is 0. The second kappa shape index (κ2) is 5.34. The number of hydrogen-bond donors (Lipinski definition) is 1. The van der Waals surface area contributed by atoms with Crippen molar-refractivity contribution in [2.45, 2.75) is 52.6 Å². The van der Waals surface area contributed by atoms with E-state index in [4.69, 9.17) is 5.73 Å². The SMILES string of the molecule is Cc1ccccc1CCn1ccc2c1CC(C)(C)CC2N. The molecule has 1 aromatic carbocycles. The quantitative estimate of drug-likeness (QED) is 0.906. The lowest BCUT2D eigenvalue weighted by Crippen LogP contribution is -2.30. The first-order valence-electron chi connectivity index (χ1n) is 7.94. The number of hydrogen-bond acceptors (Lipinski definition) is 1. The molecule has 2 heteroatoms. The molecule has 1 aromatic heterocycles. The lowest BCUT2D eigenvalue weighted by molar-refractivity contribution is 0.275. The summed E-state index contributed by atoms with van der Waals surface area (Å²) in [4.78, 5) is 0. The third-order valence-electron chi connectivity index (χ3n) is 4.82. The first-order chi connectivity index (χ1) is 9.96. The Morgan fingerprint density at radius 2 is 2.00 bits per heavy atom. The first kappa shape index (κ1) is 14.4. The highest BCUT2D eigenvalue weighted by Crippen LogP contribution is 2.40. The van der Waals surface area contributed by atoms with E-state index in [0.717, 1.165) is 25.8 Å².